The number of hydrogen-bond acceptors (Lipinski definition) is 7. The van der Waals surface area contributed by atoms with Crippen molar-refractivity contribution in [2.45, 2.75) is 31.3 Å². The molecule has 0 radical (unpaired) electrons. The van der Waals surface area contributed by atoms with Crippen molar-refractivity contribution in [1.82, 2.24) is 14.4 Å². The molecule has 0 unspecified atom stereocenters. The highest BCUT2D eigenvalue weighted by Gasteiger charge is 2.66. The molecule has 6 rings (SSSR count). The highest BCUT2D eigenvalue weighted by molar-refractivity contribution is 6.20. The van der Waals surface area contributed by atoms with Crippen molar-refractivity contribution >= 4 is 29.2 Å². The molecule has 1 aromatic heterocycles. The van der Waals surface area contributed by atoms with Crippen molar-refractivity contribution in [3.8, 4) is 0 Å². The Morgan fingerprint density at radius 1 is 1.00 bits per heavy atom. The summed E-state index contributed by atoms with van der Waals surface area (Å²) in [4.78, 5) is 68.1. The number of nitrogens with zero attached hydrogens (tertiary/aromatic N) is 5. The van der Waals surface area contributed by atoms with E-state index < -0.39 is 34.2 Å². The van der Waals surface area contributed by atoms with E-state index in [1.807, 2.05) is 11.0 Å². The van der Waals surface area contributed by atoms with Crippen molar-refractivity contribution in [2.24, 2.45) is 11.3 Å². The van der Waals surface area contributed by atoms with Crippen molar-refractivity contribution < 1.29 is 19.3 Å². The molecule has 4 aliphatic heterocycles. The number of anilines is 1. The molecular weight excluding hydrogens is 454 g/mol. The molecule has 2 fully saturated rings. The maximum atomic E-state index is 13.9. The second-order valence-corrected chi connectivity index (χ2v) is 9.93. The zero-order chi connectivity index (χ0) is 24.8. The number of fused-ring (bicyclic) bond motifs is 9. The van der Waals surface area contributed by atoms with E-state index in [1.54, 1.807) is 16.7 Å². The fourth-order valence-electron chi connectivity index (χ4n) is 6.76. The lowest BCUT2D eigenvalue weighted by Crippen LogP contribution is -2.74. The average molecular weight is 477 g/mol. The number of hydrogen-bond donors (Lipinski definition) is 0. The number of non-ortho nitro benzene ring substituents is 1. The molecule has 0 saturated carbocycles. The van der Waals surface area contributed by atoms with Gasteiger partial charge in [-0.3, -0.25) is 34.3 Å². The van der Waals surface area contributed by atoms with E-state index in [2.05, 4.69) is 0 Å². The van der Waals surface area contributed by atoms with E-state index in [4.69, 9.17) is 0 Å². The zero-order valence-corrected chi connectivity index (χ0v) is 19.2. The Kier molecular flexibility index (Phi) is 4.30. The number of rotatable bonds is 1. The highest BCUT2D eigenvalue weighted by Crippen LogP contribution is 2.55. The van der Waals surface area contributed by atoms with Gasteiger partial charge in [0.2, 0.25) is 11.8 Å². The van der Waals surface area contributed by atoms with Gasteiger partial charge in [-0.1, -0.05) is 6.07 Å². The number of pyridine rings is 1. The minimum absolute atomic E-state index is 0.0664. The standard InChI is InChI=1S/C24H23N5O6/c1-25-21(31)24(22(32)26(2)23(25)33)10-14-9-15(29(34)35)6-7-17(14)28-12-13-8-16(20(24)28)18-4-3-5-19(30)27(18)11-13/h3-7,9,13,16,20H,8,10-12H2,1-2H3/t13-,16-,20+/m1/s1. The second kappa shape index (κ2) is 7.00. The van der Waals surface area contributed by atoms with E-state index in [1.165, 1.54) is 32.3 Å². The molecule has 11 nitrogen and oxygen atoms in total. The van der Waals surface area contributed by atoms with Gasteiger partial charge in [0.25, 0.3) is 11.2 Å². The summed E-state index contributed by atoms with van der Waals surface area (Å²) < 4.78 is 1.73. The van der Waals surface area contributed by atoms with Crippen molar-refractivity contribution in [3.63, 3.8) is 0 Å². The number of aromatic nitrogens is 1. The SMILES string of the molecule is CN1C(=O)N(C)C(=O)C2(Cc3cc([N+](=O)[O-])ccc3N3C[C@@H]4C[C@H](c5cccc(=O)n5C4)[C@H]32)C1=O. The minimum atomic E-state index is -1.66. The van der Waals surface area contributed by atoms with Gasteiger partial charge in [0.05, 0.1) is 11.0 Å². The van der Waals surface area contributed by atoms with Gasteiger partial charge in [-0.15, -0.1) is 0 Å². The summed E-state index contributed by atoms with van der Waals surface area (Å²) in [5.74, 6) is -1.46. The van der Waals surface area contributed by atoms with Gasteiger partial charge >= 0.3 is 6.03 Å². The molecule has 0 N–H and O–H groups in total. The third-order valence-electron chi connectivity index (χ3n) is 8.17. The lowest BCUT2D eigenvalue weighted by atomic mass is 9.60. The first-order chi connectivity index (χ1) is 16.6. The van der Waals surface area contributed by atoms with Crippen molar-refractivity contribution in [1.29, 1.82) is 0 Å². The Morgan fingerprint density at radius 3 is 2.40 bits per heavy atom. The number of piperidine rings is 1. The Labute approximate surface area is 199 Å². The van der Waals surface area contributed by atoms with E-state index >= 15 is 0 Å². The molecule has 180 valence electrons. The first-order valence-electron chi connectivity index (χ1n) is 11.5. The van der Waals surface area contributed by atoms with Crippen molar-refractivity contribution in [3.05, 3.63) is 68.1 Å². The van der Waals surface area contributed by atoms with Gasteiger partial charge in [0.15, 0.2) is 5.41 Å². The number of carbonyl (C=O) groups is 3. The predicted molar refractivity (Wildman–Crippen MR) is 123 cm³/mol. The molecule has 0 aliphatic carbocycles. The smallest absolute Gasteiger partial charge is 0.332 e. The van der Waals surface area contributed by atoms with E-state index in [9.17, 15) is 29.3 Å². The third kappa shape index (κ3) is 2.66. The van der Waals surface area contributed by atoms with Crippen LogP contribution >= 0.6 is 0 Å². The molecule has 4 aliphatic rings. The summed E-state index contributed by atoms with van der Waals surface area (Å²) in [7, 11) is 2.71. The molecule has 5 heterocycles. The van der Waals surface area contributed by atoms with Crippen LogP contribution in [-0.4, -0.2) is 63.8 Å². The Balaban J connectivity index is 1.63. The van der Waals surface area contributed by atoms with Gasteiger partial charge < -0.3 is 9.47 Å². The minimum Gasteiger partial charge on any atom is -0.366 e. The average Bonchev–Trinajstić information content (AvgIpc) is 2.85. The topological polar surface area (TPSA) is 126 Å². The molecule has 3 atom stereocenters. The van der Waals surface area contributed by atoms with Crippen LogP contribution in [0.2, 0.25) is 0 Å². The molecular formula is C24H23N5O6. The molecule has 35 heavy (non-hydrogen) atoms. The number of urea groups is 1. The van der Waals surface area contributed by atoms with Crippen LogP contribution in [0.25, 0.3) is 0 Å². The third-order valence-corrected chi connectivity index (χ3v) is 8.17. The van der Waals surface area contributed by atoms with E-state index in [0.29, 0.717) is 25.1 Å². The molecule has 2 aromatic rings. The summed E-state index contributed by atoms with van der Waals surface area (Å²) >= 11 is 0. The van der Waals surface area contributed by atoms with Crippen molar-refractivity contribution in [2.75, 3.05) is 25.5 Å². The maximum absolute atomic E-state index is 13.9. The second-order valence-electron chi connectivity index (χ2n) is 9.93. The normalized spacial score (nSPS) is 26.4. The van der Waals surface area contributed by atoms with Crippen LogP contribution in [0, 0.1) is 21.4 Å². The van der Waals surface area contributed by atoms with Gasteiger partial charge in [-0.2, -0.15) is 0 Å². The molecule has 11 heteroatoms. The number of nitro benzene ring substituents is 1. The number of benzene rings is 1. The van der Waals surface area contributed by atoms with E-state index in [0.717, 1.165) is 21.2 Å². The first kappa shape index (κ1) is 21.5. The van der Waals surface area contributed by atoms with Crippen LogP contribution in [0.15, 0.2) is 41.2 Å². The van der Waals surface area contributed by atoms with Crippen LogP contribution in [0.5, 0.6) is 0 Å². The summed E-state index contributed by atoms with van der Waals surface area (Å²) in [6.07, 6.45) is 0.625. The number of carbonyl (C=O) groups excluding carboxylic acids is 3. The van der Waals surface area contributed by atoms with E-state index in [-0.39, 0.29) is 29.5 Å². The summed E-state index contributed by atoms with van der Waals surface area (Å²) in [6, 6.07) is 8.23. The number of nitro groups is 1. The van der Waals surface area contributed by atoms with Crippen LogP contribution in [0.3, 0.4) is 0 Å². The lowest BCUT2D eigenvalue weighted by molar-refractivity contribution is -0.384. The number of imide groups is 2. The Morgan fingerprint density at radius 2 is 1.71 bits per heavy atom. The molecule has 4 amide bonds. The fraction of sp³-hybridized carbons (Fsp3) is 0.417. The molecule has 2 bridgehead atoms. The number of amides is 4. The summed E-state index contributed by atoms with van der Waals surface area (Å²) in [5, 5.41) is 11.5. The monoisotopic (exact) mass is 477 g/mol. The Hall–Kier alpha value is -4.02. The van der Waals surface area contributed by atoms with Gasteiger partial charge in [0.1, 0.15) is 0 Å². The molecule has 1 aromatic carbocycles. The van der Waals surface area contributed by atoms with Crippen LogP contribution in [-0.2, 0) is 22.6 Å². The fourth-order valence-corrected chi connectivity index (χ4v) is 6.76. The highest BCUT2D eigenvalue weighted by atomic mass is 16.6. The zero-order valence-electron chi connectivity index (χ0n) is 19.2. The van der Waals surface area contributed by atoms with Crippen LogP contribution < -0.4 is 10.5 Å². The lowest BCUT2D eigenvalue weighted by Gasteiger charge is -2.59. The predicted octanol–water partition coefficient (Wildman–Crippen LogP) is 1.34. The first-order valence-corrected chi connectivity index (χ1v) is 11.5. The van der Waals surface area contributed by atoms with Gasteiger partial charge in [-0.05, 0) is 30.0 Å². The molecule has 2 saturated heterocycles. The van der Waals surface area contributed by atoms with Gasteiger partial charge in [0, 0.05) is 69.1 Å². The summed E-state index contributed by atoms with van der Waals surface area (Å²) in [6.45, 7) is 1.00. The molecule has 1 spiro atoms. The number of barbiturate groups is 1. The van der Waals surface area contributed by atoms with Crippen LogP contribution in [0.1, 0.15) is 23.6 Å². The van der Waals surface area contributed by atoms with Crippen LogP contribution in [0.4, 0.5) is 16.2 Å². The largest absolute Gasteiger partial charge is 0.366 e. The quantitative estimate of drug-likeness (QED) is 0.345. The Bertz CT molecular complexity index is 1380. The maximum Gasteiger partial charge on any atom is 0.332 e. The van der Waals surface area contributed by atoms with Gasteiger partial charge in [-0.25, -0.2) is 4.79 Å². The summed E-state index contributed by atoms with van der Waals surface area (Å²) in [5.41, 5.74) is 0.117.